The van der Waals surface area contributed by atoms with E-state index in [1.54, 1.807) is 0 Å². The first-order valence-electron chi connectivity index (χ1n) is 8.10. The van der Waals surface area contributed by atoms with E-state index in [1.807, 2.05) is 0 Å². The molecule has 2 heterocycles. The number of carbonyl (C=O) groups is 1. The molecule has 0 radical (unpaired) electrons. The Balaban J connectivity index is 1.99. The maximum absolute atomic E-state index is 13.6. The SMILES string of the molecule is CS(=O)(=O)OCC[N-]c1nonc1-c1noc(C=O)[n+]1-c1ccc(F)c(C(F)(F)F)c1. The van der Waals surface area contributed by atoms with Crippen LogP contribution in [0.2, 0.25) is 0 Å². The number of hydrogen-bond donors (Lipinski definition) is 0. The van der Waals surface area contributed by atoms with Gasteiger partial charge in [0, 0.05) is 11.9 Å². The highest BCUT2D eigenvalue weighted by atomic mass is 32.2. The van der Waals surface area contributed by atoms with E-state index in [2.05, 4.69) is 29.6 Å². The van der Waals surface area contributed by atoms with Crippen molar-refractivity contribution in [2.45, 2.75) is 6.18 Å². The topological polar surface area (TPSA) is 143 Å². The molecule has 166 valence electrons. The zero-order chi connectivity index (χ0) is 22.8. The maximum Gasteiger partial charge on any atom is 0.419 e. The zero-order valence-electron chi connectivity index (χ0n) is 15.3. The highest BCUT2D eigenvalue weighted by Gasteiger charge is 2.37. The third kappa shape index (κ3) is 5.02. The van der Waals surface area contributed by atoms with Crippen molar-refractivity contribution in [3.05, 3.63) is 40.8 Å². The van der Waals surface area contributed by atoms with Crippen LogP contribution in [0, 0.1) is 5.82 Å². The first-order chi connectivity index (χ1) is 14.5. The van der Waals surface area contributed by atoms with Crippen LogP contribution in [0.25, 0.3) is 22.5 Å². The van der Waals surface area contributed by atoms with Gasteiger partial charge in [-0.05, 0) is 18.7 Å². The quantitative estimate of drug-likeness (QED) is 0.160. The van der Waals surface area contributed by atoms with Crippen molar-refractivity contribution in [2.24, 2.45) is 0 Å². The predicted octanol–water partition coefficient (Wildman–Crippen LogP) is 1.95. The lowest BCUT2D eigenvalue weighted by atomic mass is 10.1. The van der Waals surface area contributed by atoms with Gasteiger partial charge in [-0.25, -0.2) is 8.91 Å². The van der Waals surface area contributed by atoms with Gasteiger partial charge in [0.15, 0.2) is 5.16 Å². The Morgan fingerprint density at radius 3 is 2.65 bits per heavy atom. The smallest absolute Gasteiger partial charge is 0.419 e. The first kappa shape index (κ1) is 22.3. The third-order valence-corrected chi connectivity index (χ3v) is 4.20. The lowest BCUT2D eigenvalue weighted by Crippen LogP contribution is -2.36. The fourth-order valence-electron chi connectivity index (χ4n) is 2.39. The summed E-state index contributed by atoms with van der Waals surface area (Å²) in [5, 5.41) is 14.5. The van der Waals surface area contributed by atoms with Gasteiger partial charge in [0.25, 0.3) is 10.1 Å². The van der Waals surface area contributed by atoms with Crippen LogP contribution in [0.3, 0.4) is 0 Å². The minimum atomic E-state index is -5.01. The van der Waals surface area contributed by atoms with Crippen molar-refractivity contribution in [1.29, 1.82) is 0 Å². The molecule has 3 aromatic rings. The van der Waals surface area contributed by atoms with E-state index in [4.69, 9.17) is 4.52 Å². The summed E-state index contributed by atoms with van der Waals surface area (Å²) >= 11 is 0. The maximum atomic E-state index is 13.6. The zero-order valence-corrected chi connectivity index (χ0v) is 16.1. The van der Waals surface area contributed by atoms with Gasteiger partial charge >= 0.3 is 17.9 Å². The minimum Gasteiger partial charge on any atom is -0.459 e. The van der Waals surface area contributed by atoms with Crippen LogP contribution in [0.15, 0.2) is 27.4 Å². The Kier molecular flexibility index (Phi) is 6.03. The van der Waals surface area contributed by atoms with Gasteiger partial charge in [0.1, 0.15) is 11.5 Å². The van der Waals surface area contributed by atoms with E-state index in [1.165, 1.54) is 0 Å². The summed E-state index contributed by atoms with van der Waals surface area (Å²) in [5.74, 6) is -2.61. The lowest BCUT2D eigenvalue weighted by molar-refractivity contribution is -0.590. The molecule has 0 bridgehead atoms. The van der Waals surface area contributed by atoms with E-state index in [0.717, 1.165) is 16.9 Å². The molecule has 16 heteroatoms. The van der Waals surface area contributed by atoms with E-state index < -0.39 is 33.6 Å². The Morgan fingerprint density at radius 1 is 1.26 bits per heavy atom. The summed E-state index contributed by atoms with van der Waals surface area (Å²) in [5.41, 5.74) is -2.14. The van der Waals surface area contributed by atoms with E-state index >= 15 is 0 Å². The van der Waals surface area contributed by atoms with Crippen LogP contribution in [0.4, 0.5) is 23.4 Å². The van der Waals surface area contributed by atoms with E-state index in [0.29, 0.717) is 12.1 Å². The van der Waals surface area contributed by atoms with Gasteiger partial charge in [-0.15, -0.1) is 4.57 Å². The van der Waals surface area contributed by atoms with Crippen molar-refractivity contribution in [3.8, 4) is 17.2 Å². The average molecular weight is 465 g/mol. The molecule has 0 aliphatic rings. The van der Waals surface area contributed by atoms with Crippen molar-refractivity contribution in [3.63, 3.8) is 0 Å². The standard InChI is InChI=1S/C15H11F4N5O6S/c1-31(26,27)28-5-4-20-13-12(21-30-22-13)14-23-29-11(7-25)24(14)8-2-3-10(16)9(6-8)15(17,18)19/h2-3,6-7H,4-5H2,1H3. The number of carbonyl (C=O) groups excluding carboxylic acids is 1. The fourth-order valence-corrected chi connectivity index (χ4v) is 2.76. The number of hydrogen-bond acceptors (Lipinski definition) is 9. The molecule has 0 aliphatic carbocycles. The molecule has 0 saturated carbocycles. The molecular weight excluding hydrogens is 454 g/mol. The van der Waals surface area contributed by atoms with Gasteiger partial charge in [-0.1, -0.05) is 5.16 Å². The second-order valence-corrected chi connectivity index (χ2v) is 7.45. The van der Waals surface area contributed by atoms with Crippen molar-refractivity contribution in [1.82, 2.24) is 15.5 Å². The summed E-state index contributed by atoms with van der Waals surface area (Å²) in [6.07, 6.45) is -4.00. The largest absolute Gasteiger partial charge is 0.459 e. The first-order valence-corrected chi connectivity index (χ1v) is 9.92. The van der Waals surface area contributed by atoms with Crippen LogP contribution in [-0.2, 0) is 20.5 Å². The lowest BCUT2D eigenvalue weighted by Gasteiger charge is -2.10. The van der Waals surface area contributed by atoms with Gasteiger partial charge in [-0.3, -0.25) is 14.1 Å². The Hall–Kier alpha value is -3.40. The number of nitrogens with zero attached hydrogens (tertiary/aromatic N) is 5. The minimum absolute atomic E-state index is 0.164. The van der Waals surface area contributed by atoms with Gasteiger partial charge in [0.2, 0.25) is 12.0 Å². The Morgan fingerprint density at radius 2 is 2.00 bits per heavy atom. The number of aldehydes is 1. The molecule has 0 aliphatic heterocycles. The Bertz CT molecular complexity index is 1210. The van der Waals surface area contributed by atoms with Crippen LogP contribution >= 0.6 is 0 Å². The summed E-state index contributed by atoms with van der Waals surface area (Å²) in [6, 6.07) is 1.97. The van der Waals surface area contributed by atoms with Crippen molar-refractivity contribution < 1.29 is 48.7 Å². The number of rotatable bonds is 8. The normalized spacial score (nSPS) is 12.2. The van der Waals surface area contributed by atoms with Crippen LogP contribution < -0.4 is 4.57 Å². The molecule has 11 nitrogen and oxygen atoms in total. The molecule has 0 unspecified atom stereocenters. The highest BCUT2D eigenvalue weighted by Crippen LogP contribution is 2.33. The molecular formula is C15H11F4N5O6S. The molecule has 3 rings (SSSR count). The molecule has 31 heavy (non-hydrogen) atoms. The molecule has 0 fully saturated rings. The van der Waals surface area contributed by atoms with Crippen LogP contribution in [0.5, 0.6) is 0 Å². The monoisotopic (exact) mass is 465 g/mol. The molecule has 0 amide bonds. The fraction of sp³-hybridized carbons (Fsp3) is 0.267. The van der Waals surface area contributed by atoms with E-state index in [-0.39, 0.29) is 42.5 Å². The molecule has 2 aromatic heterocycles. The second-order valence-electron chi connectivity index (χ2n) is 5.80. The number of benzene rings is 1. The molecule has 0 N–H and O–H groups in total. The van der Waals surface area contributed by atoms with E-state index in [9.17, 15) is 30.8 Å². The predicted molar refractivity (Wildman–Crippen MR) is 90.4 cm³/mol. The molecule has 1 aromatic carbocycles. The highest BCUT2D eigenvalue weighted by molar-refractivity contribution is 7.85. The summed E-state index contributed by atoms with van der Waals surface area (Å²) < 4.78 is 89.5. The van der Waals surface area contributed by atoms with Crippen LogP contribution in [0.1, 0.15) is 16.2 Å². The number of halogens is 4. The molecule has 0 atom stereocenters. The average Bonchev–Trinajstić information content (AvgIpc) is 3.30. The number of alkyl halides is 3. The van der Waals surface area contributed by atoms with Crippen molar-refractivity contribution in [2.75, 3.05) is 19.4 Å². The van der Waals surface area contributed by atoms with Gasteiger partial charge in [-0.2, -0.15) is 21.6 Å². The second kappa shape index (κ2) is 8.38. The van der Waals surface area contributed by atoms with Crippen LogP contribution in [-0.4, -0.2) is 49.6 Å². The molecule has 0 saturated heterocycles. The third-order valence-electron chi connectivity index (χ3n) is 3.61. The summed E-state index contributed by atoms with van der Waals surface area (Å²) in [6.45, 7) is -0.544. The summed E-state index contributed by atoms with van der Waals surface area (Å²) in [4.78, 5) is 11.3. The van der Waals surface area contributed by atoms with Gasteiger partial charge in [0.05, 0.1) is 18.4 Å². The number of aromatic nitrogens is 4. The van der Waals surface area contributed by atoms with Gasteiger partial charge < -0.3 is 9.95 Å². The summed E-state index contributed by atoms with van der Waals surface area (Å²) in [7, 11) is -3.70. The molecule has 0 spiro atoms. The van der Waals surface area contributed by atoms with Crippen molar-refractivity contribution >= 4 is 22.2 Å². The Labute approximate surface area is 170 Å².